The second kappa shape index (κ2) is 4.83. The maximum Gasteiger partial charge on any atom is 0.240 e. The molecule has 17 heavy (non-hydrogen) atoms. The third kappa shape index (κ3) is 2.31. The molecule has 0 aromatic carbocycles. The number of carbonyl (C=O) groups excluding carboxylic acids is 1. The third-order valence-electron chi connectivity index (χ3n) is 3.49. The summed E-state index contributed by atoms with van der Waals surface area (Å²) in [5.74, 6) is 1.07. The van der Waals surface area contributed by atoms with Crippen LogP contribution in [0, 0.1) is 5.92 Å². The van der Waals surface area contributed by atoms with Crippen molar-refractivity contribution in [2.75, 3.05) is 6.54 Å². The van der Waals surface area contributed by atoms with E-state index in [1.165, 1.54) is 0 Å². The Morgan fingerprint density at radius 3 is 3.06 bits per heavy atom. The fourth-order valence-corrected chi connectivity index (χ4v) is 1.96. The molecule has 2 heterocycles. The van der Waals surface area contributed by atoms with Gasteiger partial charge >= 0.3 is 0 Å². The standard InChI is InChI=1S/C11H19N5O/c1-3-8(2)10(12)11(17)15-4-5-16-7-13-14-9(16)6-15/h7-8,10H,3-6,12H2,1-2H3. The number of carbonyl (C=O) groups is 1. The molecule has 1 aromatic rings. The van der Waals surface area contributed by atoms with Crippen LogP contribution >= 0.6 is 0 Å². The van der Waals surface area contributed by atoms with Crippen LogP contribution in [0.25, 0.3) is 0 Å². The fraction of sp³-hybridized carbons (Fsp3) is 0.727. The zero-order chi connectivity index (χ0) is 12.4. The molecule has 0 spiro atoms. The van der Waals surface area contributed by atoms with Gasteiger partial charge in [0.2, 0.25) is 5.91 Å². The molecular weight excluding hydrogens is 218 g/mol. The summed E-state index contributed by atoms with van der Waals surface area (Å²) in [5, 5.41) is 7.83. The van der Waals surface area contributed by atoms with Gasteiger partial charge in [-0.2, -0.15) is 0 Å². The molecule has 94 valence electrons. The second-order valence-corrected chi connectivity index (χ2v) is 4.61. The zero-order valence-electron chi connectivity index (χ0n) is 10.3. The lowest BCUT2D eigenvalue weighted by Gasteiger charge is -2.30. The molecule has 6 nitrogen and oxygen atoms in total. The minimum atomic E-state index is -0.408. The molecule has 1 amide bonds. The highest BCUT2D eigenvalue weighted by atomic mass is 16.2. The van der Waals surface area contributed by atoms with Crippen molar-refractivity contribution in [3.63, 3.8) is 0 Å². The maximum absolute atomic E-state index is 12.2. The Hall–Kier alpha value is -1.43. The van der Waals surface area contributed by atoms with Crippen LogP contribution in [0.5, 0.6) is 0 Å². The van der Waals surface area contributed by atoms with Gasteiger partial charge in [0.05, 0.1) is 12.6 Å². The molecule has 0 saturated carbocycles. The average molecular weight is 237 g/mol. The van der Waals surface area contributed by atoms with E-state index in [-0.39, 0.29) is 11.8 Å². The van der Waals surface area contributed by atoms with Crippen LogP contribution in [0.1, 0.15) is 26.1 Å². The Bertz CT molecular complexity index is 402. The third-order valence-corrected chi connectivity index (χ3v) is 3.49. The van der Waals surface area contributed by atoms with Crippen LogP contribution in [0.15, 0.2) is 6.33 Å². The minimum Gasteiger partial charge on any atom is -0.332 e. The average Bonchev–Trinajstić information content (AvgIpc) is 2.83. The Morgan fingerprint density at radius 2 is 2.35 bits per heavy atom. The Balaban J connectivity index is 2.03. The first kappa shape index (κ1) is 12.0. The first-order valence-electron chi connectivity index (χ1n) is 6.04. The van der Waals surface area contributed by atoms with Crippen LogP contribution in [-0.4, -0.2) is 38.2 Å². The molecule has 6 heteroatoms. The van der Waals surface area contributed by atoms with Crippen molar-refractivity contribution in [2.45, 2.75) is 39.4 Å². The van der Waals surface area contributed by atoms with E-state index < -0.39 is 6.04 Å². The maximum atomic E-state index is 12.2. The Labute approximate surface area is 101 Å². The van der Waals surface area contributed by atoms with Crippen molar-refractivity contribution in [2.24, 2.45) is 11.7 Å². The van der Waals surface area contributed by atoms with E-state index in [2.05, 4.69) is 10.2 Å². The van der Waals surface area contributed by atoms with E-state index in [1.54, 1.807) is 11.2 Å². The number of hydrogen-bond acceptors (Lipinski definition) is 4. The lowest BCUT2D eigenvalue weighted by Crippen LogP contribution is -2.49. The lowest BCUT2D eigenvalue weighted by molar-refractivity contribution is -0.135. The van der Waals surface area contributed by atoms with Crippen LogP contribution in [0.3, 0.4) is 0 Å². The van der Waals surface area contributed by atoms with Crippen molar-refractivity contribution in [3.05, 3.63) is 12.2 Å². The van der Waals surface area contributed by atoms with E-state index in [0.717, 1.165) is 18.8 Å². The van der Waals surface area contributed by atoms with Gasteiger partial charge in [0, 0.05) is 13.1 Å². The van der Waals surface area contributed by atoms with E-state index in [9.17, 15) is 4.79 Å². The van der Waals surface area contributed by atoms with E-state index in [0.29, 0.717) is 13.1 Å². The summed E-state index contributed by atoms with van der Waals surface area (Å²) in [6.07, 6.45) is 2.61. The molecule has 0 bridgehead atoms. The normalized spacial score (nSPS) is 18.6. The van der Waals surface area contributed by atoms with E-state index in [4.69, 9.17) is 5.73 Å². The van der Waals surface area contributed by atoms with Crippen molar-refractivity contribution in [3.8, 4) is 0 Å². The highest BCUT2D eigenvalue weighted by Gasteiger charge is 2.28. The number of hydrogen-bond donors (Lipinski definition) is 1. The van der Waals surface area contributed by atoms with E-state index >= 15 is 0 Å². The van der Waals surface area contributed by atoms with E-state index in [1.807, 2.05) is 18.4 Å². The van der Waals surface area contributed by atoms with Crippen LogP contribution in [0.2, 0.25) is 0 Å². The topological polar surface area (TPSA) is 77.0 Å². The summed E-state index contributed by atoms with van der Waals surface area (Å²) in [6, 6.07) is -0.408. The molecule has 0 saturated heterocycles. The van der Waals surface area contributed by atoms with Crippen LogP contribution < -0.4 is 5.73 Å². The summed E-state index contributed by atoms with van der Waals surface area (Å²) in [7, 11) is 0. The lowest BCUT2D eigenvalue weighted by atomic mass is 9.99. The molecule has 1 aliphatic rings. The first-order valence-corrected chi connectivity index (χ1v) is 6.04. The minimum absolute atomic E-state index is 0.0219. The number of nitrogens with two attached hydrogens (primary N) is 1. The molecule has 0 radical (unpaired) electrons. The smallest absolute Gasteiger partial charge is 0.240 e. The molecule has 2 unspecified atom stereocenters. The van der Waals surface area contributed by atoms with Gasteiger partial charge in [-0.3, -0.25) is 4.79 Å². The predicted molar refractivity (Wildman–Crippen MR) is 62.9 cm³/mol. The van der Waals surface area contributed by atoms with Crippen molar-refractivity contribution in [1.29, 1.82) is 0 Å². The van der Waals surface area contributed by atoms with Gasteiger partial charge in [-0.05, 0) is 5.92 Å². The molecule has 0 aliphatic carbocycles. The van der Waals surface area contributed by atoms with Gasteiger partial charge < -0.3 is 15.2 Å². The highest BCUT2D eigenvalue weighted by molar-refractivity contribution is 5.82. The SMILES string of the molecule is CCC(C)C(N)C(=O)N1CCn2cnnc2C1. The summed E-state index contributed by atoms with van der Waals surface area (Å²) in [4.78, 5) is 14.0. The van der Waals surface area contributed by atoms with Crippen LogP contribution in [-0.2, 0) is 17.9 Å². The molecule has 2 rings (SSSR count). The molecular formula is C11H19N5O. The predicted octanol–water partition coefficient (Wildman–Crippen LogP) is -0.00630. The van der Waals surface area contributed by atoms with Gasteiger partial charge in [-0.25, -0.2) is 0 Å². The molecule has 1 aromatic heterocycles. The summed E-state index contributed by atoms with van der Waals surface area (Å²) >= 11 is 0. The first-order chi connectivity index (χ1) is 8.13. The number of aromatic nitrogens is 3. The number of nitrogens with zero attached hydrogens (tertiary/aromatic N) is 4. The summed E-state index contributed by atoms with van der Waals surface area (Å²) in [5.41, 5.74) is 5.96. The molecule has 1 aliphatic heterocycles. The van der Waals surface area contributed by atoms with Crippen molar-refractivity contribution in [1.82, 2.24) is 19.7 Å². The van der Waals surface area contributed by atoms with Crippen LogP contribution in [0.4, 0.5) is 0 Å². The van der Waals surface area contributed by atoms with Crippen molar-refractivity contribution >= 4 is 5.91 Å². The number of amides is 1. The largest absolute Gasteiger partial charge is 0.332 e. The molecule has 2 N–H and O–H groups in total. The van der Waals surface area contributed by atoms with Gasteiger partial charge in [-0.15, -0.1) is 10.2 Å². The Kier molecular flexibility index (Phi) is 3.42. The van der Waals surface area contributed by atoms with Gasteiger partial charge in [0.25, 0.3) is 0 Å². The van der Waals surface area contributed by atoms with Gasteiger partial charge in [0.1, 0.15) is 6.33 Å². The zero-order valence-corrected chi connectivity index (χ0v) is 10.3. The molecule has 0 fully saturated rings. The van der Waals surface area contributed by atoms with Crippen molar-refractivity contribution < 1.29 is 4.79 Å². The highest BCUT2D eigenvalue weighted by Crippen LogP contribution is 2.13. The van der Waals surface area contributed by atoms with Gasteiger partial charge in [0.15, 0.2) is 5.82 Å². The monoisotopic (exact) mass is 237 g/mol. The number of fused-ring (bicyclic) bond motifs is 1. The summed E-state index contributed by atoms with van der Waals surface area (Å²) in [6.45, 7) is 6.01. The Morgan fingerprint density at radius 1 is 1.59 bits per heavy atom. The summed E-state index contributed by atoms with van der Waals surface area (Å²) < 4.78 is 1.97. The fourth-order valence-electron chi connectivity index (χ4n) is 1.96. The number of rotatable bonds is 3. The second-order valence-electron chi connectivity index (χ2n) is 4.61. The molecule has 2 atom stereocenters. The quantitative estimate of drug-likeness (QED) is 0.802. The van der Waals surface area contributed by atoms with Gasteiger partial charge in [-0.1, -0.05) is 20.3 Å².